The molecule has 2 unspecified atom stereocenters. The van der Waals surface area contributed by atoms with Crippen molar-refractivity contribution in [3.8, 4) is 0 Å². The molecule has 132 valence electrons. The number of rotatable bonds is 0. The number of hydrogen-bond donors (Lipinski definition) is 3. The summed E-state index contributed by atoms with van der Waals surface area (Å²) in [5.74, 6) is -0.205. The molecule has 0 bridgehead atoms. The van der Waals surface area contributed by atoms with Gasteiger partial charge in [0.1, 0.15) is 11.4 Å². The van der Waals surface area contributed by atoms with Gasteiger partial charge in [0.2, 0.25) is 0 Å². The van der Waals surface area contributed by atoms with E-state index in [0.29, 0.717) is 19.3 Å². The second-order valence-corrected chi connectivity index (χ2v) is 8.89. The third-order valence-electron chi connectivity index (χ3n) is 8.05. The largest absolute Gasteiger partial charge is 0.390 e. The average Bonchev–Trinajstić information content (AvgIpc) is 2.78. The minimum absolute atomic E-state index is 0.0193. The molecule has 0 radical (unpaired) electrons. The summed E-state index contributed by atoms with van der Waals surface area (Å²) >= 11 is 0. The highest BCUT2D eigenvalue weighted by atomic mass is 16.4. The Morgan fingerprint density at radius 3 is 2.54 bits per heavy atom. The van der Waals surface area contributed by atoms with Crippen molar-refractivity contribution in [2.24, 2.45) is 22.7 Å². The molecule has 4 aliphatic rings. The van der Waals surface area contributed by atoms with Crippen LogP contribution >= 0.6 is 0 Å². The SMILES string of the molecule is C[C@]12C=CC(=O)CC1(O)CC[C@H]1[C@@H]3CCC(=O)[C@@]3(C)CC(O)[C@@]12O. The van der Waals surface area contributed by atoms with E-state index in [9.17, 15) is 24.9 Å². The molecule has 0 aromatic rings. The fraction of sp³-hybridized carbons (Fsp3) is 0.789. The van der Waals surface area contributed by atoms with Gasteiger partial charge in [0, 0.05) is 23.7 Å². The lowest BCUT2D eigenvalue weighted by Crippen LogP contribution is -2.75. The standard InChI is InChI=1S/C19H26O5/c1-16-10-15(22)19(24)13(12(16)3-4-14(16)21)6-8-18(23)9-11(20)5-7-17(18,19)2/h5,7,12-13,15,22-24H,3-4,6,8-10H2,1-2H3/t12-,13-,15?,16-,17-,18?,19-/m0/s1. The van der Waals surface area contributed by atoms with Crippen molar-refractivity contribution < 1.29 is 24.9 Å². The molecule has 0 saturated heterocycles. The molecule has 0 spiro atoms. The summed E-state index contributed by atoms with van der Waals surface area (Å²) in [6.45, 7) is 3.67. The molecule has 0 heterocycles. The molecule has 0 aromatic heterocycles. The van der Waals surface area contributed by atoms with E-state index in [2.05, 4.69) is 0 Å². The van der Waals surface area contributed by atoms with Gasteiger partial charge in [0.25, 0.3) is 0 Å². The predicted molar refractivity (Wildman–Crippen MR) is 86.0 cm³/mol. The van der Waals surface area contributed by atoms with Gasteiger partial charge in [-0.3, -0.25) is 9.59 Å². The van der Waals surface area contributed by atoms with Crippen molar-refractivity contribution in [3.63, 3.8) is 0 Å². The fourth-order valence-corrected chi connectivity index (χ4v) is 6.47. The van der Waals surface area contributed by atoms with Gasteiger partial charge in [-0.05, 0) is 43.6 Å². The molecule has 5 nitrogen and oxygen atoms in total. The molecule has 5 heteroatoms. The first-order valence-electron chi connectivity index (χ1n) is 8.97. The molecular formula is C19H26O5. The highest BCUT2D eigenvalue weighted by Crippen LogP contribution is 2.66. The van der Waals surface area contributed by atoms with E-state index >= 15 is 0 Å². The van der Waals surface area contributed by atoms with Crippen LogP contribution < -0.4 is 0 Å². The Morgan fingerprint density at radius 1 is 1.12 bits per heavy atom. The zero-order valence-electron chi connectivity index (χ0n) is 14.3. The van der Waals surface area contributed by atoms with Crippen molar-refractivity contribution in [2.75, 3.05) is 0 Å². The molecule has 3 N–H and O–H groups in total. The van der Waals surface area contributed by atoms with Crippen LogP contribution in [0.25, 0.3) is 0 Å². The molecule has 3 fully saturated rings. The van der Waals surface area contributed by atoms with Crippen molar-refractivity contribution in [2.45, 2.75) is 69.7 Å². The highest BCUT2D eigenvalue weighted by Gasteiger charge is 2.73. The normalized spacial score (nSPS) is 56.6. The van der Waals surface area contributed by atoms with Crippen LogP contribution in [0.15, 0.2) is 12.2 Å². The lowest BCUT2D eigenvalue weighted by atomic mass is 9.42. The third kappa shape index (κ3) is 1.61. The van der Waals surface area contributed by atoms with E-state index in [4.69, 9.17) is 0 Å². The van der Waals surface area contributed by atoms with Gasteiger partial charge in [-0.25, -0.2) is 0 Å². The van der Waals surface area contributed by atoms with Gasteiger partial charge in [0.15, 0.2) is 5.78 Å². The average molecular weight is 334 g/mol. The summed E-state index contributed by atoms with van der Waals surface area (Å²) in [5, 5.41) is 33.9. The summed E-state index contributed by atoms with van der Waals surface area (Å²) in [6, 6.07) is 0. The number of allylic oxidation sites excluding steroid dienone is 1. The van der Waals surface area contributed by atoms with Gasteiger partial charge in [-0.2, -0.15) is 0 Å². The number of Topliss-reactive ketones (excluding diaryl/α,β-unsaturated/α-hetero) is 1. The van der Waals surface area contributed by atoms with Crippen molar-refractivity contribution in [1.82, 2.24) is 0 Å². The van der Waals surface area contributed by atoms with Crippen molar-refractivity contribution in [1.29, 1.82) is 0 Å². The van der Waals surface area contributed by atoms with Crippen LogP contribution in [0, 0.1) is 22.7 Å². The van der Waals surface area contributed by atoms with E-state index < -0.39 is 28.1 Å². The summed E-state index contributed by atoms with van der Waals surface area (Å²) < 4.78 is 0. The van der Waals surface area contributed by atoms with Crippen LogP contribution in [0.2, 0.25) is 0 Å². The third-order valence-corrected chi connectivity index (χ3v) is 8.05. The number of carbonyl (C=O) groups excluding carboxylic acids is 2. The van der Waals surface area contributed by atoms with Gasteiger partial charge in [-0.1, -0.05) is 19.9 Å². The lowest BCUT2D eigenvalue weighted by Gasteiger charge is -2.66. The number of fused-ring (bicyclic) bond motifs is 5. The molecule has 7 atom stereocenters. The summed E-state index contributed by atoms with van der Waals surface area (Å²) in [6.07, 6.45) is 4.28. The molecule has 4 aliphatic carbocycles. The Morgan fingerprint density at radius 2 is 1.83 bits per heavy atom. The fourth-order valence-electron chi connectivity index (χ4n) is 6.47. The van der Waals surface area contributed by atoms with Crippen LogP contribution in [0.1, 0.15) is 52.4 Å². The van der Waals surface area contributed by atoms with Crippen LogP contribution in [0.4, 0.5) is 0 Å². The van der Waals surface area contributed by atoms with E-state index in [1.807, 2.05) is 6.92 Å². The maximum atomic E-state index is 12.4. The van der Waals surface area contributed by atoms with Crippen molar-refractivity contribution >= 4 is 11.6 Å². The van der Waals surface area contributed by atoms with Crippen molar-refractivity contribution in [3.05, 3.63) is 12.2 Å². The minimum atomic E-state index is -1.52. The molecule has 0 aromatic carbocycles. The Kier molecular flexibility index (Phi) is 3.13. The molecule has 0 aliphatic heterocycles. The second-order valence-electron chi connectivity index (χ2n) is 8.89. The molecular weight excluding hydrogens is 308 g/mol. The molecule has 4 rings (SSSR count). The number of aliphatic hydroxyl groups is 3. The first kappa shape index (κ1) is 16.4. The summed E-state index contributed by atoms with van der Waals surface area (Å²) in [5.41, 5.74) is -4.55. The smallest absolute Gasteiger partial charge is 0.158 e. The van der Waals surface area contributed by atoms with Gasteiger partial charge < -0.3 is 15.3 Å². The van der Waals surface area contributed by atoms with E-state index in [-0.39, 0.29) is 36.2 Å². The predicted octanol–water partition coefficient (Wildman–Crippen LogP) is 1.14. The molecule has 3 saturated carbocycles. The number of carbonyl (C=O) groups is 2. The van der Waals surface area contributed by atoms with Crippen LogP contribution in [-0.4, -0.2) is 44.2 Å². The maximum Gasteiger partial charge on any atom is 0.158 e. The number of hydrogen-bond acceptors (Lipinski definition) is 5. The lowest BCUT2D eigenvalue weighted by molar-refractivity contribution is -0.291. The summed E-state index contributed by atoms with van der Waals surface area (Å²) in [7, 11) is 0. The molecule has 0 amide bonds. The van der Waals surface area contributed by atoms with Gasteiger partial charge in [-0.15, -0.1) is 0 Å². The minimum Gasteiger partial charge on any atom is -0.390 e. The van der Waals surface area contributed by atoms with Gasteiger partial charge >= 0.3 is 0 Å². The Balaban J connectivity index is 1.86. The number of ketones is 2. The highest BCUT2D eigenvalue weighted by molar-refractivity contribution is 5.92. The van der Waals surface area contributed by atoms with Crippen LogP contribution in [-0.2, 0) is 9.59 Å². The number of aliphatic hydroxyl groups excluding tert-OH is 1. The van der Waals surface area contributed by atoms with Crippen LogP contribution in [0.3, 0.4) is 0 Å². The monoisotopic (exact) mass is 334 g/mol. The van der Waals surface area contributed by atoms with E-state index in [1.54, 1.807) is 13.0 Å². The first-order valence-corrected chi connectivity index (χ1v) is 8.97. The zero-order valence-corrected chi connectivity index (χ0v) is 14.3. The van der Waals surface area contributed by atoms with E-state index in [0.717, 1.165) is 6.42 Å². The Labute approximate surface area is 141 Å². The summed E-state index contributed by atoms with van der Waals surface area (Å²) in [4.78, 5) is 24.3. The zero-order chi connectivity index (χ0) is 17.5. The van der Waals surface area contributed by atoms with Gasteiger partial charge in [0.05, 0.1) is 11.7 Å². The first-order chi connectivity index (χ1) is 11.1. The second kappa shape index (κ2) is 4.57. The maximum absolute atomic E-state index is 12.4. The van der Waals surface area contributed by atoms with E-state index in [1.165, 1.54) is 6.08 Å². The van der Waals surface area contributed by atoms with Crippen LogP contribution in [0.5, 0.6) is 0 Å². The topological polar surface area (TPSA) is 94.8 Å². The Bertz CT molecular complexity index is 656. The molecule has 24 heavy (non-hydrogen) atoms. The quantitative estimate of drug-likeness (QED) is 0.618. The Hall–Kier alpha value is -1.04.